The highest BCUT2D eigenvalue weighted by molar-refractivity contribution is 6.34. The van der Waals surface area contributed by atoms with Crippen LogP contribution in [0.5, 0.6) is 0 Å². The maximum atomic E-state index is 9.80. The molecular formula is C29H14N4. The van der Waals surface area contributed by atoms with Gasteiger partial charge in [0.25, 0.3) is 0 Å². The Bertz CT molecular complexity index is 2050. The van der Waals surface area contributed by atoms with Gasteiger partial charge < -0.3 is 0 Å². The molecule has 0 unspecified atom stereocenters. The van der Waals surface area contributed by atoms with Crippen LogP contribution in [0.4, 0.5) is 5.69 Å². The van der Waals surface area contributed by atoms with E-state index >= 15 is 0 Å². The first kappa shape index (κ1) is 17.7. The molecule has 0 aliphatic carbocycles. The summed E-state index contributed by atoms with van der Waals surface area (Å²) in [6.07, 6.45) is 0. The zero-order chi connectivity index (χ0) is 22.1. The van der Waals surface area contributed by atoms with Crippen molar-refractivity contribution in [2.24, 2.45) is 0 Å². The molecule has 0 atom stereocenters. The van der Waals surface area contributed by atoms with E-state index in [1.807, 2.05) is 36.4 Å². The van der Waals surface area contributed by atoms with Crippen molar-refractivity contribution >= 4 is 65.6 Å². The van der Waals surface area contributed by atoms with Crippen LogP contribution in [-0.4, -0.2) is 9.38 Å². The molecule has 150 valence electrons. The van der Waals surface area contributed by atoms with Crippen LogP contribution >= 0.6 is 0 Å². The van der Waals surface area contributed by atoms with Crippen molar-refractivity contribution in [2.45, 2.75) is 0 Å². The van der Waals surface area contributed by atoms with E-state index in [1.165, 1.54) is 5.39 Å². The van der Waals surface area contributed by atoms with Gasteiger partial charge in [-0.1, -0.05) is 60.7 Å². The lowest BCUT2D eigenvalue weighted by Gasteiger charge is -2.15. The fraction of sp³-hybridized carbons (Fsp3) is 0. The van der Waals surface area contributed by atoms with Crippen LogP contribution in [0.3, 0.4) is 0 Å². The summed E-state index contributed by atoms with van der Waals surface area (Å²) in [7, 11) is 0. The maximum Gasteiger partial charge on any atom is 0.206 e. The summed E-state index contributed by atoms with van der Waals surface area (Å²) in [5.41, 5.74) is 4.38. The summed E-state index contributed by atoms with van der Waals surface area (Å²) in [5, 5.41) is 17.5. The van der Waals surface area contributed by atoms with Gasteiger partial charge in [-0.25, -0.2) is 9.83 Å². The van der Waals surface area contributed by atoms with Gasteiger partial charge in [0, 0.05) is 21.7 Å². The molecule has 33 heavy (non-hydrogen) atoms. The molecule has 0 spiro atoms. The zero-order valence-electron chi connectivity index (χ0n) is 17.4. The third-order valence-corrected chi connectivity index (χ3v) is 6.58. The molecule has 0 aliphatic rings. The lowest BCUT2D eigenvalue weighted by Crippen LogP contribution is -1.95. The number of pyridine rings is 1. The van der Waals surface area contributed by atoms with Gasteiger partial charge in [-0.3, -0.25) is 4.40 Å². The van der Waals surface area contributed by atoms with Crippen molar-refractivity contribution in [3.05, 3.63) is 102 Å². The number of benzene rings is 5. The van der Waals surface area contributed by atoms with Gasteiger partial charge in [0.1, 0.15) is 5.65 Å². The molecule has 0 saturated carbocycles. The van der Waals surface area contributed by atoms with E-state index in [0.29, 0.717) is 11.3 Å². The molecule has 2 heterocycles. The molecule has 0 amide bonds. The molecular weight excluding hydrogens is 404 g/mol. The fourth-order valence-electron chi connectivity index (χ4n) is 5.24. The minimum atomic E-state index is 0.355. The molecule has 0 bridgehead atoms. The third kappa shape index (κ3) is 2.19. The Morgan fingerprint density at radius 1 is 0.727 bits per heavy atom. The average Bonchev–Trinajstić information content (AvgIpc) is 3.27. The number of hydrogen-bond acceptors (Lipinski definition) is 2. The van der Waals surface area contributed by atoms with E-state index in [1.54, 1.807) is 0 Å². The number of hydrogen-bond donors (Lipinski definition) is 0. The summed E-state index contributed by atoms with van der Waals surface area (Å²) in [6.45, 7) is 7.65. The molecule has 0 radical (unpaired) electrons. The number of nitrogens with zero attached hydrogens (tertiary/aromatic N) is 4. The van der Waals surface area contributed by atoms with E-state index in [0.717, 1.165) is 54.5 Å². The maximum absolute atomic E-state index is 9.80. The average molecular weight is 418 g/mol. The van der Waals surface area contributed by atoms with Gasteiger partial charge >= 0.3 is 0 Å². The number of nitriles is 1. The van der Waals surface area contributed by atoms with Crippen LogP contribution in [0.25, 0.3) is 64.7 Å². The van der Waals surface area contributed by atoms with Crippen molar-refractivity contribution in [1.29, 1.82) is 5.26 Å². The first-order valence-corrected chi connectivity index (χ1v) is 10.7. The van der Waals surface area contributed by atoms with Crippen LogP contribution in [0.2, 0.25) is 0 Å². The van der Waals surface area contributed by atoms with Gasteiger partial charge in [-0.2, -0.15) is 5.26 Å². The smallest absolute Gasteiger partial charge is 0.206 e. The van der Waals surface area contributed by atoms with Gasteiger partial charge in [-0.05, 0) is 45.8 Å². The third-order valence-electron chi connectivity index (χ3n) is 6.58. The molecule has 0 saturated heterocycles. The lowest BCUT2D eigenvalue weighted by atomic mass is 9.92. The summed E-state index contributed by atoms with van der Waals surface area (Å²) in [4.78, 5) is 8.72. The van der Waals surface area contributed by atoms with Gasteiger partial charge in [0.05, 0.1) is 29.2 Å². The molecule has 5 aromatic carbocycles. The Hall–Kier alpha value is -4.93. The second-order valence-electron chi connectivity index (χ2n) is 8.21. The Kier molecular flexibility index (Phi) is 3.38. The highest BCUT2D eigenvalue weighted by Crippen LogP contribution is 2.43. The minimum Gasteiger partial charge on any atom is -0.293 e. The first-order valence-electron chi connectivity index (χ1n) is 10.7. The van der Waals surface area contributed by atoms with E-state index < -0.39 is 0 Å². The minimum absolute atomic E-state index is 0.355. The van der Waals surface area contributed by atoms with Crippen molar-refractivity contribution in [3.8, 4) is 6.07 Å². The number of aromatic nitrogens is 2. The number of fused-ring (bicyclic) bond motifs is 13. The lowest BCUT2D eigenvalue weighted by molar-refractivity contribution is 1.32. The Morgan fingerprint density at radius 2 is 1.36 bits per heavy atom. The molecule has 0 aliphatic heterocycles. The van der Waals surface area contributed by atoms with Crippen LogP contribution in [0.15, 0.2) is 84.9 Å². The van der Waals surface area contributed by atoms with Crippen LogP contribution in [0, 0.1) is 17.9 Å². The number of rotatable bonds is 0. The van der Waals surface area contributed by atoms with Crippen LogP contribution in [-0.2, 0) is 0 Å². The number of para-hydroxylation sites is 2. The van der Waals surface area contributed by atoms with Gasteiger partial charge in [-0.15, -0.1) is 0 Å². The van der Waals surface area contributed by atoms with E-state index in [9.17, 15) is 5.26 Å². The van der Waals surface area contributed by atoms with Crippen molar-refractivity contribution in [2.75, 3.05) is 0 Å². The van der Waals surface area contributed by atoms with E-state index in [2.05, 4.69) is 63.8 Å². The molecule has 7 rings (SSSR count). The highest BCUT2D eigenvalue weighted by atomic mass is 15.0. The van der Waals surface area contributed by atoms with Gasteiger partial charge in [0.2, 0.25) is 5.69 Å². The standard InChI is InChI=1S/C29H14N4/c1-31-24-15-26-22(14-17(24)16-30)27-20-10-4-2-8-18(20)19-9-3-5-11-21(19)28(27)29-32-23-12-6-7-13-25(23)33(26)29/h2-15H. The SMILES string of the molecule is [C-]#[N+]c1cc2c(cc1C#N)c1c3ccccc3c3ccccc3c1c1nc3ccccc3n21. The molecule has 0 fully saturated rings. The van der Waals surface area contributed by atoms with Crippen LogP contribution < -0.4 is 0 Å². The predicted octanol–water partition coefficient (Wildman–Crippen LogP) is 7.52. The first-order chi connectivity index (χ1) is 16.3. The predicted molar refractivity (Wildman–Crippen MR) is 134 cm³/mol. The Morgan fingerprint density at radius 3 is 2.06 bits per heavy atom. The summed E-state index contributed by atoms with van der Waals surface area (Å²) >= 11 is 0. The fourth-order valence-corrected chi connectivity index (χ4v) is 5.24. The molecule has 4 nitrogen and oxygen atoms in total. The molecule has 4 heteroatoms. The van der Waals surface area contributed by atoms with Crippen LogP contribution in [0.1, 0.15) is 5.56 Å². The Labute approximate surface area is 188 Å². The van der Waals surface area contributed by atoms with Crippen molar-refractivity contribution in [1.82, 2.24) is 9.38 Å². The highest BCUT2D eigenvalue weighted by Gasteiger charge is 2.20. The summed E-state index contributed by atoms with van der Waals surface area (Å²) < 4.78 is 2.14. The molecule has 0 N–H and O–H groups in total. The number of imidazole rings is 1. The van der Waals surface area contributed by atoms with Crippen molar-refractivity contribution < 1.29 is 0 Å². The normalized spacial score (nSPS) is 11.6. The van der Waals surface area contributed by atoms with E-state index in [4.69, 9.17) is 11.6 Å². The topological polar surface area (TPSA) is 45.5 Å². The summed E-state index contributed by atoms with van der Waals surface area (Å²) in [5.74, 6) is 0. The van der Waals surface area contributed by atoms with Gasteiger partial charge in [0.15, 0.2) is 0 Å². The zero-order valence-corrected chi connectivity index (χ0v) is 17.4. The van der Waals surface area contributed by atoms with E-state index in [-0.39, 0.29) is 0 Å². The summed E-state index contributed by atoms with van der Waals surface area (Å²) in [6, 6.07) is 30.8. The second-order valence-corrected chi connectivity index (χ2v) is 8.21. The molecule has 7 aromatic rings. The van der Waals surface area contributed by atoms with Crippen molar-refractivity contribution in [3.63, 3.8) is 0 Å². The second kappa shape index (κ2) is 6.29. The monoisotopic (exact) mass is 418 g/mol. The largest absolute Gasteiger partial charge is 0.293 e. The quantitative estimate of drug-likeness (QED) is 0.189. The molecule has 2 aromatic heterocycles. The Balaban J connectivity index is 1.96.